The van der Waals surface area contributed by atoms with E-state index in [2.05, 4.69) is 4.98 Å². The van der Waals surface area contributed by atoms with Gasteiger partial charge in [0.15, 0.2) is 5.82 Å². The van der Waals surface area contributed by atoms with Crippen LogP contribution in [0.4, 0.5) is 16.3 Å². The van der Waals surface area contributed by atoms with E-state index in [-0.39, 0.29) is 5.82 Å². The van der Waals surface area contributed by atoms with Gasteiger partial charge in [0.2, 0.25) is 0 Å². The summed E-state index contributed by atoms with van der Waals surface area (Å²) in [6.07, 6.45) is 0.754. The number of nitrogens with two attached hydrogens (primary N) is 2. The van der Waals surface area contributed by atoms with E-state index in [0.717, 1.165) is 5.01 Å². The number of carbonyl (C=O) groups excluding carboxylic acids is 1. The fraction of sp³-hybridized carbons (Fsp3) is 0.400. The Kier molecular flexibility index (Phi) is 3.34. The van der Waals surface area contributed by atoms with Gasteiger partial charge in [0.05, 0.1) is 11.9 Å². The average molecular weight is 224 g/mol. The third-order valence-electron chi connectivity index (χ3n) is 1.61. The molecule has 0 fully saturated rings. The van der Waals surface area contributed by atoms with Gasteiger partial charge < -0.3 is 10.5 Å². The van der Waals surface area contributed by atoms with Crippen molar-refractivity contribution in [3.63, 3.8) is 0 Å². The van der Waals surface area contributed by atoms with Gasteiger partial charge in [-0.25, -0.2) is 15.6 Å². The van der Waals surface area contributed by atoms with Crippen LogP contribution in [0.3, 0.4) is 0 Å². The first-order valence-electron chi connectivity index (χ1n) is 4.79. The number of aromatic nitrogens is 1. The Morgan fingerprint density at radius 1 is 1.44 bits per heavy atom. The molecule has 4 N–H and O–H groups in total. The SMILES string of the molecule is CC(C)(C)OC(=O)N(N)c1ccc(N)cn1. The molecule has 1 aromatic rings. The summed E-state index contributed by atoms with van der Waals surface area (Å²) >= 11 is 0. The number of anilines is 2. The molecule has 0 unspecified atom stereocenters. The predicted octanol–water partition coefficient (Wildman–Crippen LogP) is 1.28. The highest BCUT2D eigenvalue weighted by atomic mass is 16.6. The summed E-state index contributed by atoms with van der Waals surface area (Å²) in [5.41, 5.74) is 5.37. The molecule has 0 saturated carbocycles. The topological polar surface area (TPSA) is 94.5 Å². The molecule has 1 heterocycles. The van der Waals surface area contributed by atoms with Crippen LogP contribution in [0, 0.1) is 0 Å². The Balaban J connectivity index is 2.74. The van der Waals surface area contributed by atoms with E-state index in [1.165, 1.54) is 6.20 Å². The van der Waals surface area contributed by atoms with Crippen molar-refractivity contribution in [1.82, 2.24) is 4.98 Å². The molecule has 1 amide bonds. The summed E-state index contributed by atoms with van der Waals surface area (Å²) in [6.45, 7) is 5.28. The van der Waals surface area contributed by atoms with E-state index in [4.69, 9.17) is 16.3 Å². The Morgan fingerprint density at radius 2 is 2.06 bits per heavy atom. The van der Waals surface area contributed by atoms with E-state index in [1.807, 2.05) is 0 Å². The van der Waals surface area contributed by atoms with Crippen molar-refractivity contribution in [2.45, 2.75) is 26.4 Å². The van der Waals surface area contributed by atoms with Crippen LogP contribution in [-0.4, -0.2) is 16.7 Å². The molecule has 0 aliphatic heterocycles. The van der Waals surface area contributed by atoms with Crippen molar-refractivity contribution in [1.29, 1.82) is 0 Å². The zero-order valence-corrected chi connectivity index (χ0v) is 9.60. The molecule has 16 heavy (non-hydrogen) atoms. The highest BCUT2D eigenvalue weighted by Crippen LogP contribution is 2.13. The first kappa shape index (κ1) is 12.3. The summed E-state index contributed by atoms with van der Waals surface area (Å²) in [6, 6.07) is 3.14. The van der Waals surface area contributed by atoms with Crippen molar-refractivity contribution < 1.29 is 9.53 Å². The van der Waals surface area contributed by atoms with E-state index in [1.54, 1.807) is 32.9 Å². The summed E-state index contributed by atoms with van der Waals surface area (Å²) in [7, 11) is 0. The Hall–Kier alpha value is -1.82. The first-order valence-corrected chi connectivity index (χ1v) is 4.79. The largest absolute Gasteiger partial charge is 0.442 e. The van der Waals surface area contributed by atoms with Gasteiger partial charge in [-0.3, -0.25) is 0 Å². The Labute approximate surface area is 94.2 Å². The van der Waals surface area contributed by atoms with Crippen LogP contribution in [0.5, 0.6) is 0 Å². The minimum Gasteiger partial charge on any atom is -0.442 e. The minimum absolute atomic E-state index is 0.281. The fourth-order valence-electron chi connectivity index (χ4n) is 0.945. The van der Waals surface area contributed by atoms with Crippen LogP contribution in [0.2, 0.25) is 0 Å². The van der Waals surface area contributed by atoms with Crippen molar-refractivity contribution in [3.05, 3.63) is 18.3 Å². The lowest BCUT2D eigenvalue weighted by Gasteiger charge is -2.23. The molecule has 0 radical (unpaired) electrons. The molecule has 1 rings (SSSR count). The minimum atomic E-state index is -0.662. The Bertz CT molecular complexity index is 369. The summed E-state index contributed by atoms with van der Waals surface area (Å²) in [5, 5.41) is 0.838. The number of hydrazine groups is 1. The van der Waals surface area contributed by atoms with E-state index in [0.29, 0.717) is 5.69 Å². The molecular weight excluding hydrogens is 208 g/mol. The van der Waals surface area contributed by atoms with Gasteiger partial charge in [0.1, 0.15) is 5.60 Å². The maximum Gasteiger partial charge on any atom is 0.430 e. The standard InChI is InChI=1S/C10H16N4O2/c1-10(2,3)16-9(15)14(12)8-5-4-7(11)6-13-8/h4-6H,11-12H2,1-3H3. The maximum absolute atomic E-state index is 11.6. The van der Waals surface area contributed by atoms with E-state index in [9.17, 15) is 4.79 Å². The molecular formula is C10H16N4O2. The van der Waals surface area contributed by atoms with Gasteiger partial charge in [-0.2, -0.15) is 5.01 Å². The zero-order chi connectivity index (χ0) is 12.3. The van der Waals surface area contributed by atoms with Crippen LogP contribution in [0.1, 0.15) is 20.8 Å². The van der Waals surface area contributed by atoms with Gasteiger partial charge in [-0.05, 0) is 32.9 Å². The van der Waals surface area contributed by atoms with Crippen molar-refractivity contribution >= 4 is 17.6 Å². The monoisotopic (exact) mass is 224 g/mol. The second-order valence-corrected chi connectivity index (χ2v) is 4.30. The lowest BCUT2D eigenvalue weighted by molar-refractivity contribution is 0.0579. The molecule has 6 nitrogen and oxygen atoms in total. The summed E-state index contributed by atoms with van der Waals surface area (Å²) < 4.78 is 5.07. The first-order chi connectivity index (χ1) is 7.29. The number of rotatable bonds is 1. The van der Waals surface area contributed by atoms with Gasteiger partial charge in [0.25, 0.3) is 0 Å². The van der Waals surface area contributed by atoms with Gasteiger partial charge in [-0.15, -0.1) is 0 Å². The maximum atomic E-state index is 11.6. The van der Waals surface area contributed by atoms with Crippen LogP contribution in [0.15, 0.2) is 18.3 Å². The molecule has 0 aliphatic rings. The van der Waals surface area contributed by atoms with E-state index < -0.39 is 11.7 Å². The van der Waals surface area contributed by atoms with Crippen LogP contribution in [0.25, 0.3) is 0 Å². The molecule has 0 aromatic carbocycles. The van der Waals surface area contributed by atoms with E-state index >= 15 is 0 Å². The number of hydrogen-bond acceptors (Lipinski definition) is 5. The van der Waals surface area contributed by atoms with Crippen molar-refractivity contribution in [2.75, 3.05) is 10.7 Å². The molecule has 1 aromatic heterocycles. The number of pyridine rings is 1. The molecule has 0 aliphatic carbocycles. The van der Waals surface area contributed by atoms with Crippen LogP contribution >= 0.6 is 0 Å². The van der Waals surface area contributed by atoms with Crippen molar-refractivity contribution in [2.24, 2.45) is 5.84 Å². The molecule has 6 heteroatoms. The number of amides is 1. The van der Waals surface area contributed by atoms with Gasteiger partial charge in [0, 0.05) is 0 Å². The Morgan fingerprint density at radius 3 is 2.50 bits per heavy atom. The predicted molar refractivity (Wildman–Crippen MR) is 61.5 cm³/mol. The summed E-state index contributed by atoms with van der Waals surface area (Å²) in [4.78, 5) is 15.5. The van der Waals surface area contributed by atoms with Crippen LogP contribution in [-0.2, 0) is 4.74 Å². The highest BCUT2D eigenvalue weighted by Gasteiger charge is 2.21. The third kappa shape index (κ3) is 3.39. The zero-order valence-electron chi connectivity index (χ0n) is 9.60. The second-order valence-electron chi connectivity index (χ2n) is 4.30. The second kappa shape index (κ2) is 4.36. The number of hydrogen-bond donors (Lipinski definition) is 2. The third-order valence-corrected chi connectivity index (χ3v) is 1.61. The van der Waals surface area contributed by atoms with Gasteiger partial charge >= 0.3 is 6.09 Å². The lowest BCUT2D eigenvalue weighted by atomic mass is 10.2. The number of ether oxygens (including phenoxy) is 1. The van der Waals surface area contributed by atoms with Gasteiger partial charge in [-0.1, -0.05) is 0 Å². The normalized spacial score (nSPS) is 11.0. The number of carbonyl (C=O) groups is 1. The lowest BCUT2D eigenvalue weighted by Crippen LogP contribution is -2.42. The smallest absolute Gasteiger partial charge is 0.430 e. The highest BCUT2D eigenvalue weighted by molar-refractivity contribution is 5.85. The molecule has 0 bridgehead atoms. The van der Waals surface area contributed by atoms with Crippen LogP contribution < -0.4 is 16.6 Å². The number of nitrogen functional groups attached to an aromatic ring is 1. The fourth-order valence-corrected chi connectivity index (χ4v) is 0.945. The molecule has 0 atom stereocenters. The number of nitrogens with zero attached hydrogens (tertiary/aromatic N) is 2. The average Bonchev–Trinajstić information content (AvgIpc) is 2.15. The summed E-state index contributed by atoms with van der Waals surface area (Å²) in [5.74, 6) is 5.83. The molecule has 0 saturated heterocycles. The molecule has 88 valence electrons. The van der Waals surface area contributed by atoms with Crippen molar-refractivity contribution in [3.8, 4) is 0 Å². The quantitative estimate of drug-likeness (QED) is 0.425. The molecule has 0 spiro atoms.